The van der Waals surface area contributed by atoms with Crippen LogP contribution in [0.1, 0.15) is 63.7 Å². The van der Waals surface area contributed by atoms with Gasteiger partial charge in [-0.15, -0.1) is 0 Å². The van der Waals surface area contributed by atoms with Crippen LogP contribution in [-0.4, -0.2) is 146 Å². The van der Waals surface area contributed by atoms with E-state index < -0.39 is 36.8 Å². The second kappa shape index (κ2) is 24.0. The zero-order valence-electron chi connectivity index (χ0n) is 30.0. The molecule has 1 aromatic rings. The van der Waals surface area contributed by atoms with Gasteiger partial charge in [0.15, 0.2) is 6.23 Å². The van der Waals surface area contributed by atoms with E-state index >= 15 is 0 Å². The Morgan fingerprint density at radius 3 is 2.13 bits per heavy atom. The van der Waals surface area contributed by atoms with Gasteiger partial charge >= 0.3 is 11.7 Å². The van der Waals surface area contributed by atoms with Crippen molar-refractivity contribution in [3.05, 3.63) is 22.2 Å². The highest BCUT2D eigenvalue weighted by atomic mass is 16.6. The van der Waals surface area contributed by atoms with Gasteiger partial charge in [-0.1, -0.05) is 12.8 Å². The van der Waals surface area contributed by atoms with Gasteiger partial charge in [0.2, 0.25) is 11.8 Å². The largest absolute Gasteiger partial charge is 0.394 e. The smallest absolute Gasteiger partial charge is 0.351 e. The highest BCUT2D eigenvalue weighted by Gasteiger charge is 2.44. The van der Waals surface area contributed by atoms with Gasteiger partial charge in [0, 0.05) is 43.7 Å². The third kappa shape index (κ3) is 15.3. The summed E-state index contributed by atoms with van der Waals surface area (Å²) in [6.45, 7) is 5.18. The van der Waals surface area contributed by atoms with Gasteiger partial charge in [-0.25, -0.2) is 9.59 Å². The quantitative estimate of drug-likeness (QED) is 0.0457. The fourth-order valence-electron chi connectivity index (χ4n) is 5.67. The third-order valence-electron chi connectivity index (χ3n) is 8.65. The van der Waals surface area contributed by atoms with Gasteiger partial charge in [0.05, 0.1) is 65.5 Å². The van der Waals surface area contributed by atoms with Crippen LogP contribution < -0.4 is 32.7 Å². The van der Waals surface area contributed by atoms with Crippen molar-refractivity contribution >= 4 is 23.7 Å². The van der Waals surface area contributed by atoms with E-state index in [0.29, 0.717) is 84.2 Å². The van der Waals surface area contributed by atoms with E-state index in [1.165, 1.54) is 6.20 Å². The van der Waals surface area contributed by atoms with Crippen LogP contribution in [-0.2, 0) is 39.7 Å². The molecular weight excluding hydrogens is 686 g/mol. The van der Waals surface area contributed by atoms with Gasteiger partial charge in [0.1, 0.15) is 24.1 Å². The van der Waals surface area contributed by atoms with E-state index in [0.717, 1.165) is 30.3 Å². The zero-order chi connectivity index (χ0) is 37.7. The lowest BCUT2D eigenvalue weighted by molar-refractivity contribution is -0.122. The molecule has 3 heterocycles. The first-order chi connectivity index (χ1) is 25.1. The van der Waals surface area contributed by atoms with Gasteiger partial charge in [-0.05, 0) is 32.6 Å². The molecule has 2 aliphatic heterocycles. The molecule has 0 saturated carbocycles. The first-order valence-electron chi connectivity index (χ1n) is 18.0. The molecule has 2 fully saturated rings. The molecule has 0 spiro atoms. The van der Waals surface area contributed by atoms with E-state index in [1.54, 1.807) is 0 Å². The second-order valence-electron chi connectivity index (χ2n) is 12.7. The summed E-state index contributed by atoms with van der Waals surface area (Å²) in [4.78, 5) is 51.5. The fourth-order valence-corrected chi connectivity index (χ4v) is 5.67. The molecule has 2 aliphatic rings. The molecule has 0 bridgehead atoms. The van der Waals surface area contributed by atoms with E-state index in [1.807, 2.05) is 6.92 Å². The Morgan fingerprint density at radius 1 is 0.865 bits per heavy atom. The molecule has 2 saturated heterocycles. The maximum Gasteiger partial charge on any atom is 0.351 e. The second-order valence-corrected chi connectivity index (χ2v) is 12.7. The van der Waals surface area contributed by atoms with E-state index in [4.69, 9.17) is 29.4 Å². The molecule has 9 N–H and O–H groups in total. The first kappa shape index (κ1) is 43.0. The molecule has 0 aromatic carbocycles. The number of nitrogens with one attached hydrogen (secondary N) is 4. The number of carbonyl (C=O) groups excluding carboxylic acids is 3. The fraction of sp³-hybridized carbons (Fsp3) is 0.788. The number of ether oxygens (including phenoxy) is 5. The lowest BCUT2D eigenvalue weighted by Crippen LogP contribution is -2.36. The average Bonchev–Trinajstić information content (AvgIpc) is 3.59. The summed E-state index contributed by atoms with van der Waals surface area (Å²) in [6, 6.07) is 0.187. The third-order valence-corrected chi connectivity index (χ3v) is 8.65. The monoisotopic (exact) mass is 743 g/mol. The maximum absolute atomic E-state index is 12.3. The van der Waals surface area contributed by atoms with Crippen LogP contribution in [0.25, 0.3) is 0 Å². The summed E-state index contributed by atoms with van der Waals surface area (Å²) < 4.78 is 28.3. The summed E-state index contributed by atoms with van der Waals surface area (Å²) in [7, 11) is 0. The number of rotatable bonds is 27. The molecule has 52 heavy (non-hydrogen) atoms. The lowest BCUT2D eigenvalue weighted by atomic mass is 10.0. The number of anilines is 1. The summed E-state index contributed by atoms with van der Waals surface area (Å²) in [6.07, 6.45) is 1.50. The highest BCUT2D eigenvalue weighted by molar-refractivity contribution is 5.77. The van der Waals surface area contributed by atoms with Crippen molar-refractivity contribution in [3.8, 4) is 0 Å². The Hall–Kier alpha value is -3.43. The van der Waals surface area contributed by atoms with Crippen LogP contribution in [0, 0.1) is 0 Å². The highest BCUT2D eigenvalue weighted by Crippen LogP contribution is 2.28. The van der Waals surface area contributed by atoms with E-state index in [2.05, 4.69) is 26.3 Å². The number of carbonyl (C=O) groups is 3. The SMILES string of the molecule is C[C@@H]1NC(=O)N[C@@H]1CCCCCC(=O)NCCOCCOCCOCCOCCC(=O)NCCCc1cn([C@@H]2O[C@H](CO)C(O)[C@@H]2O)c(=O)nc1N. The first-order valence-corrected chi connectivity index (χ1v) is 18.0. The Bertz CT molecular complexity index is 1290. The summed E-state index contributed by atoms with van der Waals surface area (Å²) in [5, 5.41) is 40.9. The van der Waals surface area contributed by atoms with Crippen molar-refractivity contribution in [1.29, 1.82) is 0 Å². The van der Waals surface area contributed by atoms with Crippen LogP contribution >= 0.6 is 0 Å². The Kier molecular flexibility index (Phi) is 19.8. The van der Waals surface area contributed by atoms with Crippen molar-refractivity contribution in [1.82, 2.24) is 30.8 Å². The number of amides is 4. The topological polar surface area (TPSA) is 267 Å². The predicted octanol–water partition coefficient (Wildman–Crippen LogP) is -1.92. The normalized spacial score (nSPS) is 22.7. The number of aromatic nitrogens is 2. The molecule has 6 atom stereocenters. The molecule has 296 valence electrons. The molecule has 3 rings (SSSR count). The van der Waals surface area contributed by atoms with E-state index in [-0.39, 0.29) is 48.8 Å². The molecule has 1 unspecified atom stereocenters. The number of aliphatic hydroxyl groups excluding tert-OH is 3. The number of unbranched alkanes of at least 4 members (excludes halogenated alkanes) is 2. The number of nitrogens with two attached hydrogens (primary N) is 1. The van der Waals surface area contributed by atoms with Crippen LogP contribution in [0.3, 0.4) is 0 Å². The van der Waals surface area contributed by atoms with Gasteiger partial charge in [-0.3, -0.25) is 14.2 Å². The Morgan fingerprint density at radius 2 is 1.50 bits per heavy atom. The number of aliphatic hydroxyl groups is 3. The summed E-state index contributed by atoms with van der Waals surface area (Å²) in [5.41, 5.74) is 5.63. The molecule has 1 aromatic heterocycles. The minimum absolute atomic E-state index is 0.00547. The van der Waals surface area contributed by atoms with Gasteiger partial charge in [0.25, 0.3) is 0 Å². The average molecular weight is 744 g/mol. The number of nitrogens with zero attached hydrogens (tertiary/aromatic N) is 2. The number of urea groups is 1. The molecule has 4 amide bonds. The van der Waals surface area contributed by atoms with Crippen LogP contribution in [0.2, 0.25) is 0 Å². The minimum atomic E-state index is -1.43. The van der Waals surface area contributed by atoms with Gasteiger partial charge in [-0.2, -0.15) is 4.98 Å². The summed E-state index contributed by atoms with van der Waals surface area (Å²) in [5.74, 6) is -0.162. The molecular formula is C33H57N7O12. The number of hydrogen-bond acceptors (Lipinski definition) is 14. The number of nitrogen functional groups attached to an aromatic ring is 1. The molecule has 19 heteroatoms. The molecule has 0 radical (unpaired) electrons. The van der Waals surface area contributed by atoms with Crippen molar-refractivity contribution in [2.45, 2.75) is 94.9 Å². The van der Waals surface area contributed by atoms with Gasteiger partial charge < -0.3 is 66.0 Å². The zero-order valence-corrected chi connectivity index (χ0v) is 30.0. The standard InChI is InChI=1S/C33H57N7O12/c1-22-24(38-32(46)37-22)7-3-2-4-8-26(42)36-11-13-49-15-17-51-19-18-50-16-14-48-12-9-27(43)35-10-5-6-23-20-40(33(47)39-30(23)34)31-29(45)28(44)25(21-41)52-31/h20,22,24-25,28-29,31,41,44-45H,2-19,21H2,1H3,(H,35,43)(H,36,42)(H2,34,39,47)(H2,37,38,46)/t22-,24+,25+,28?,29-,31+/m0/s1. The number of aryl methyl sites for hydroxylation is 1. The lowest BCUT2D eigenvalue weighted by Gasteiger charge is -2.18. The maximum atomic E-state index is 12.3. The van der Waals surface area contributed by atoms with Crippen molar-refractivity contribution in [2.75, 3.05) is 78.3 Å². The van der Waals surface area contributed by atoms with Crippen LogP contribution in [0.5, 0.6) is 0 Å². The number of hydrogen-bond donors (Lipinski definition) is 8. The Labute approximate surface area is 303 Å². The van der Waals surface area contributed by atoms with Crippen molar-refractivity contribution in [3.63, 3.8) is 0 Å². The van der Waals surface area contributed by atoms with E-state index in [9.17, 15) is 34.5 Å². The van der Waals surface area contributed by atoms with Crippen LogP contribution in [0.4, 0.5) is 10.6 Å². The van der Waals surface area contributed by atoms with Crippen molar-refractivity contribution in [2.24, 2.45) is 0 Å². The predicted molar refractivity (Wildman–Crippen MR) is 186 cm³/mol. The van der Waals surface area contributed by atoms with Crippen molar-refractivity contribution < 1.29 is 53.4 Å². The molecule has 19 nitrogen and oxygen atoms in total. The molecule has 0 aliphatic carbocycles. The Balaban J connectivity index is 1.07. The van der Waals surface area contributed by atoms with Crippen LogP contribution in [0.15, 0.2) is 11.0 Å². The minimum Gasteiger partial charge on any atom is -0.394 e. The summed E-state index contributed by atoms with van der Waals surface area (Å²) >= 11 is 0.